The lowest BCUT2D eigenvalue weighted by Gasteiger charge is -2.11. The number of hydrogen-bond acceptors (Lipinski definition) is 5. The summed E-state index contributed by atoms with van der Waals surface area (Å²) >= 11 is 5.06. The Balaban J connectivity index is 1.47. The number of aromatic nitrogens is 4. The fraction of sp³-hybridized carbons (Fsp3) is 0.500. The highest BCUT2D eigenvalue weighted by Crippen LogP contribution is 2.31. The van der Waals surface area contributed by atoms with Gasteiger partial charge in [0.2, 0.25) is 5.16 Å². The minimum absolute atomic E-state index is 0.481. The molecule has 1 fully saturated rings. The first-order chi connectivity index (χ1) is 10.3. The van der Waals surface area contributed by atoms with E-state index in [4.69, 9.17) is 4.74 Å². The highest BCUT2D eigenvalue weighted by molar-refractivity contribution is 9.10. The Labute approximate surface area is 136 Å². The molecule has 1 aliphatic rings. The highest BCUT2D eigenvalue weighted by Gasteiger charge is 2.21. The average Bonchev–Trinajstić information content (AvgIpc) is 3.16. The molecule has 0 amide bonds. The van der Waals surface area contributed by atoms with Crippen molar-refractivity contribution < 1.29 is 4.74 Å². The first-order valence-corrected chi connectivity index (χ1v) is 8.90. The van der Waals surface area contributed by atoms with Crippen molar-refractivity contribution in [3.63, 3.8) is 0 Å². The van der Waals surface area contributed by atoms with Crippen LogP contribution in [0, 0.1) is 0 Å². The van der Waals surface area contributed by atoms with E-state index in [1.807, 2.05) is 28.9 Å². The predicted octanol–water partition coefficient (Wildman–Crippen LogP) is 3.72. The minimum Gasteiger partial charge on any atom is -0.493 e. The van der Waals surface area contributed by atoms with Gasteiger partial charge in [0.15, 0.2) is 0 Å². The maximum atomic E-state index is 5.71. The van der Waals surface area contributed by atoms with Crippen molar-refractivity contribution >= 4 is 27.7 Å². The van der Waals surface area contributed by atoms with E-state index in [2.05, 4.69) is 31.5 Å². The number of nitrogens with zero attached hydrogens (tertiary/aromatic N) is 4. The molecule has 0 spiro atoms. The zero-order valence-electron chi connectivity index (χ0n) is 11.6. The van der Waals surface area contributed by atoms with Crippen molar-refractivity contribution in [1.29, 1.82) is 0 Å². The Morgan fingerprint density at radius 2 is 2.00 bits per heavy atom. The Morgan fingerprint density at radius 3 is 2.76 bits per heavy atom. The van der Waals surface area contributed by atoms with Crippen LogP contribution in [0.4, 0.5) is 0 Å². The van der Waals surface area contributed by atoms with Crippen LogP contribution in [0.3, 0.4) is 0 Å². The van der Waals surface area contributed by atoms with Gasteiger partial charge in [-0.05, 0) is 47.5 Å². The van der Waals surface area contributed by atoms with Crippen LogP contribution in [-0.2, 0) is 0 Å². The highest BCUT2D eigenvalue weighted by atomic mass is 79.9. The van der Waals surface area contributed by atoms with Gasteiger partial charge in [-0.25, -0.2) is 4.68 Å². The summed E-state index contributed by atoms with van der Waals surface area (Å²) in [4.78, 5) is 0. The standard InChI is InChI=1S/C14H17BrN4OS/c15-11-5-7-13(8-6-11)20-9-10-21-14-16-17-18-19(14)12-3-1-2-4-12/h5-8,12H,1-4,9-10H2. The van der Waals surface area contributed by atoms with E-state index >= 15 is 0 Å². The third-order valence-electron chi connectivity index (χ3n) is 3.53. The second kappa shape index (κ2) is 7.26. The van der Waals surface area contributed by atoms with Crippen molar-refractivity contribution in [2.75, 3.05) is 12.4 Å². The van der Waals surface area contributed by atoms with Crippen molar-refractivity contribution in [2.24, 2.45) is 0 Å². The molecule has 1 aromatic carbocycles. The molecule has 2 aromatic rings. The molecule has 7 heteroatoms. The number of rotatable bonds is 6. The van der Waals surface area contributed by atoms with Crippen LogP contribution in [0.1, 0.15) is 31.7 Å². The summed E-state index contributed by atoms with van der Waals surface area (Å²) in [5.41, 5.74) is 0. The first-order valence-electron chi connectivity index (χ1n) is 7.12. The second-order valence-electron chi connectivity index (χ2n) is 5.00. The molecule has 0 N–H and O–H groups in total. The van der Waals surface area contributed by atoms with E-state index in [9.17, 15) is 0 Å². The summed E-state index contributed by atoms with van der Waals surface area (Å²) in [6.45, 7) is 0.643. The summed E-state index contributed by atoms with van der Waals surface area (Å²) in [6, 6.07) is 8.34. The number of ether oxygens (including phenoxy) is 1. The lowest BCUT2D eigenvalue weighted by Crippen LogP contribution is -2.09. The molecule has 0 saturated heterocycles. The maximum Gasteiger partial charge on any atom is 0.209 e. The molecule has 0 radical (unpaired) electrons. The molecule has 0 atom stereocenters. The van der Waals surface area contributed by atoms with E-state index in [-0.39, 0.29) is 0 Å². The zero-order chi connectivity index (χ0) is 14.5. The Kier molecular flexibility index (Phi) is 5.13. The molecule has 0 unspecified atom stereocenters. The van der Waals surface area contributed by atoms with Gasteiger partial charge in [-0.2, -0.15) is 0 Å². The smallest absolute Gasteiger partial charge is 0.209 e. The molecule has 3 rings (SSSR count). The SMILES string of the molecule is Brc1ccc(OCCSc2nnnn2C2CCCC2)cc1. The van der Waals surface area contributed by atoms with Gasteiger partial charge in [-0.3, -0.25) is 0 Å². The lowest BCUT2D eigenvalue weighted by molar-refractivity contribution is 0.343. The Bertz CT molecular complexity index is 569. The fourth-order valence-electron chi connectivity index (χ4n) is 2.48. The fourth-order valence-corrected chi connectivity index (χ4v) is 3.51. The first kappa shape index (κ1) is 14.8. The van der Waals surface area contributed by atoms with Crippen molar-refractivity contribution in [2.45, 2.75) is 36.9 Å². The zero-order valence-corrected chi connectivity index (χ0v) is 14.0. The van der Waals surface area contributed by atoms with Gasteiger partial charge in [0.25, 0.3) is 0 Å². The third kappa shape index (κ3) is 3.97. The summed E-state index contributed by atoms with van der Waals surface area (Å²) in [5, 5.41) is 13.0. The largest absolute Gasteiger partial charge is 0.493 e. The van der Waals surface area contributed by atoms with Gasteiger partial charge in [0, 0.05) is 10.2 Å². The molecule has 1 aliphatic carbocycles. The van der Waals surface area contributed by atoms with E-state index in [0.29, 0.717) is 12.6 Å². The van der Waals surface area contributed by atoms with Gasteiger partial charge in [-0.15, -0.1) is 5.10 Å². The monoisotopic (exact) mass is 368 g/mol. The van der Waals surface area contributed by atoms with Crippen molar-refractivity contribution in [3.8, 4) is 5.75 Å². The topological polar surface area (TPSA) is 52.8 Å². The second-order valence-corrected chi connectivity index (χ2v) is 6.97. The molecule has 1 heterocycles. The predicted molar refractivity (Wildman–Crippen MR) is 85.7 cm³/mol. The van der Waals surface area contributed by atoms with Gasteiger partial charge in [0.05, 0.1) is 12.6 Å². The molecule has 1 aromatic heterocycles. The molecular formula is C14H17BrN4OS. The van der Waals surface area contributed by atoms with Crippen LogP contribution >= 0.6 is 27.7 Å². The minimum atomic E-state index is 0.481. The van der Waals surface area contributed by atoms with E-state index in [1.165, 1.54) is 25.7 Å². The number of tetrazole rings is 1. The van der Waals surface area contributed by atoms with Crippen LogP contribution < -0.4 is 4.74 Å². The summed E-state index contributed by atoms with van der Waals surface area (Å²) in [5.74, 6) is 1.72. The van der Waals surface area contributed by atoms with E-state index in [0.717, 1.165) is 21.1 Å². The number of benzene rings is 1. The van der Waals surface area contributed by atoms with Crippen molar-refractivity contribution in [1.82, 2.24) is 20.2 Å². The van der Waals surface area contributed by atoms with Gasteiger partial charge in [-0.1, -0.05) is 40.5 Å². The maximum absolute atomic E-state index is 5.71. The molecule has 0 aliphatic heterocycles. The van der Waals surface area contributed by atoms with Gasteiger partial charge < -0.3 is 4.74 Å². The molecule has 5 nitrogen and oxygen atoms in total. The van der Waals surface area contributed by atoms with E-state index in [1.54, 1.807) is 11.8 Å². The van der Waals surface area contributed by atoms with Crippen LogP contribution in [0.15, 0.2) is 33.9 Å². The summed E-state index contributed by atoms with van der Waals surface area (Å²) in [6.07, 6.45) is 4.94. The van der Waals surface area contributed by atoms with Crippen LogP contribution in [0.25, 0.3) is 0 Å². The van der Waals surface area contributed by atoms with Crippen LogP contribution in [0.2, 0.25) is 0 Å². The molecule has 1 saturated carbocycles. The normalized spacial score (nSPS) is 15.5. The number of thioether (sulfide) groups is 1. The molecular weight excluding hydrogens is 352 g/mol. The summed E-state index contributed by atoms with van der Waals surface area (Å²) < 4.78 is 8.74. The lowest BCUT2D eigenvalue weighted by atomic mass is 10.3. The Morgan fingerprint density at radius 1 is 1.24 bits per heavy atom. The van der Waals surface area contributed by atoms with Crippen LogP contribution in [0.5, 0.6) is 5.75 Å². The van der Waals surface area contributed by atoms with Gasteiger partial charge in [0.1, 0.15) is 5.75 Å². The van der Waals surface area contributed by atoms with E-state index < -0.39 is 0 Å². The molecule has 112 valence electrons. The quantitative estimate of drug-likeness (QED) is 0.574. The molecule has 21 heavy (non-hydrogen) atoms. The van der Waals surface area contributed by atoms with Gasteiger partial charge >= 0.3 is 0 Å². The summed E-state index contributed by atoms with van der Waals surface area (Å²) in [7, 11) is 0. The molecule has 0 bridgehead atoms. The number of hydrogen-bond donors (Lipinski definition) is 0. The Hall–Kier alpha value is -1.08. The third-order valence-corrected chi connectivity index (χ3v) is 4.96. The van der Waals surface area contributed by atoms with Crippen LogP contribution in [-0.4, -0.2) is 32.6 Å². The number of halogens is 1. The average molecular weight is 369 g/mol. The van der Waals surface area contributed by atoms with Crippen molar-refractivity contribution in [3.05, 3.63) is 28.7 Å².